The summed E-state index contributed by atoms with van der Waals surface area (Å²) in [5.74, 6) is -0.234. The van der Waals surface area contributed by atoms with Gasteiger partial charge in [-0.25, -0.2) is 4.98 Å². The first-order valence-corrected chi connectivity index (χ1v) is 4.55. The third kappa shape index (κ3) is 3.50. The highest BCUT2D eigenvalue weighted by molar-refractivity contribution is 9.10. The Morgan fingerprint density at radius 1 is 1.62 bits per heavy atom. The van der Waals surface area contributed by atoms with Gasteiger partial charge in [0.1, 0.15) is 4.60 Å². The van der Waals surface area contributed by atoms with E-state index in [-0.39, 0.29) is 5.97 Å². The number of aryl methyl sites for hydroxylation is 1. The van der Waals surface area contributed by atoms with Crippen LogP contribution in [-0.2, 0) is 16.0 Å². The van der Waals surface area contributed by atoms with Crippen molar-refractivity contribution in [1.29, 1.82) is 0 Å². The van der Waals surface area contributed by atoms with Crippen LogP contribution in [-0.4, -0.2) is 23.0 Å². The van der Waals surface area contributed by atoms with Crippen LogP contribution in [0, 0.1) is 0 Å². The third-order valence-electron chi connectivity index (χ3n) is 1.47. The number of hydrogen-bond donors (Lipinski definition) is 0. The molecule has 1 rings (SSSR count). The molecule has 0 aliphatic rings. The van der Waals surface area contributed by atoms with Crippen molar-refractivity contribution in [3.05, 3.63) is 22.7 Å². The summed E-state index contributed by atoms with van der Waals surface area (Å²) in [5, 5.41) is 0. The summed E-state index contributed by atoms with van der Waals surface area (Å²) in [6.45, 7) is 0. The summed E-state index contributed by atoms with van der Waals surface area (Å²) in [5.41, 5.74) is 0.778. The number of esters is 1. The van der Waals surface area contributed by atoms with Gasteiger partial charge in [0.25, 0.3) is 0 Å². The minimum atomic E-state index is -0.234. The van der Waals surface area contributed by atoms with Gasteiger partial charge in [-0.2, -0.15) is 0 Å². The molecule has 0 N–H and O–H groups in total. The molecule has 0 aliphatic heterocycles. The van der Waals surface area contributed by atoms with Crippen LogP contribution >= 0.6 is 15.9 Å². The molecule has 0 atom stereocenters. The Kier molecular flexibility index (Phi) is 3.82. The molecule has 0 bridgehead atoms. The van der Waals surface area contributed by atoms with E-state index in [4.69, 9.17) is 0 Å². The van der Waals surface area contributed by atoms with Crippen molar-refractivity contribution in [3.8, 4) is 0 Å². The molecule has 0 aromatic carbocycles. The molecule has 13 heavy (non-hydrogen) atoms. The van der Waals surface area contributed by atoms with Gasteiger partial charge in [0.15, 0.2) is 0 Å². The lowest BCUT2D eigenvalue weighted by Gasteiger charge is -1.99. The fraction of sp³-hybridized carbons (Fsp3) is 0.375. The van der Waals surface area contributed by atoms with E-state index in [0.29, 0.717) is 17.4 Å². The lowest BCUT2D eigenvalue weighted by Crippen LogP contribution is -2.03. The van der Waals surface area contributed by atoms with Crippen molar-refractivity contribution < 1.29 is 9.53 Å². The quantitative estimate of drug-likeness (QED) is 0.754. The van der Waals surface area contributed by atoms with Crippen molar-refractivity contribution in [2.75, 3.05) is 7.11 Å². The molecule has 1 aromatic rings. The second-order valence-electron chi connectivity index (χ2n) is 2.41. The minimum absolute atomic E-state index is 0.234. The molecule has 1 aromatic heterocycles. The van der Waals surface area contributed by atoms with Crippen LogP contribution < -0.4 is 0 Å². The number of carbonyl (C=O) groups is 1. The monoisotopic (exact) mass is 244 g/mol. The van der Waals surface area contributed by atoms with Crippen LogP contribution in [0.5, 0.6) is 0 Å². The van der Waals surface area contributed by atoms with Gasteiger partial charge in [0.2, 0.25) is 0 Å². The van der Waals surface area contributed by atoms with Crippen LogP contribution in [0.2, 0.25) is 0 Å². The number of nitrogens with zero attached hydrogens (tertiary/aromatic N) is 2. The van der Waals surface area contributed by atoms with Gasteiger partial charge in [-0.3, -0.25) is 9.78 Å². The third-order valence-corrected chi connectivity index (χ3v) is 1.85. The predicted molar refractivity (Wildman–Crippen MR) is 50.1 cm³/mol. The van der Waals surface area contributed by atoms with E-state index in [9.17, 15) is 4.79 Å². The second kappa shape index (κ2) is 4.91. The molecule has 0 unspecified atom stereocenters. The van der Waals surface area contributed by atoms with E-state index in [1.165, 1.54) is 7.11 Å². The molecular weight excluding hydrogens is 236 g/mol. The highest BCUT2D eigenvalue weighted by Gasteiger charge is 2.02. The van der Waals surface area contributed by atoms with E-state index in [1.54, 1.807) is 12.4 Å². The predicted octanol–water partition coefficient (Wildman–Crippen LogP) is 1.34. The second-order valence-corrected chi connectivity index (χ2v) is 3.22. The zero-order valence-corrected chi connectivity index (χ0v) is 8.74. The zero-order chi connectivity index (χ0) is 9.68. The summed E-state index contributed by atoms with van der Waals surface area (Å²) in [6, 6.07) is 0. The Balaban J connectivity index is 2.50. The molecule has 4 nitrogen and oxygen atoms in total. The van der Waals surface area contributed by atoms with Gasteiger partial charge in [-0.1, -0.05) is 0 Å². The first-order valence-electron chi connectivity index (χ1n) is 3.75. The summed E-state index contributed by atoms with van der Waals surface area (Å²) in [4.78, 5) is 18.8. The molecule has 5 heteroatoms. The Morgan fingerprint density at radius 2 is 2.38 bits per heavy atom. The van der Waals surface area contributed by atoms with Gasteiger partial charge in [0, 0.05) is 12.6 Å². The van der Waals surface area contributed by atoms with Gasteiger partial charge < -0.3 is 4.74 Å². The standard InChI is InChI=1S/C8H9BrN2O2/c1-13-8(12)3-2-6-4-10-5-7(9)11-6/h4-5H,2-3H2,1H3. The SMILES string of the molecule is COC(=O)CCc1cncc(Br)n1. The maximum Gasteiger partial charge on any atom is 0.305 e. The molecule has 0 radical (unpaired) electrons. The normalized spacial score (nSPS) is 9.69. The van der Waals surface area contributed by atoms with Crippen molar-refractivity contribution >= 4 is 21.9 Å². The number of rotatable bonds is 3. The number of aromatic nitrogens is 2. The number of hydrogen-bond acceptors (Lipinski definition) is 4. The molecule has 0 saturated carbocycles. The summed E-state index contributed by atoms with van der Waals surface area (Å²) in [7, 11) is 1.37. The molecule has 0 spiro atoms. The van der Waals surface area contributed by atoms with E-state index >= 15 is 0 Å². The van der Waals surface area contributed by atoms with Gasteiger partial charge in [-0.05, 0) is 15.9 Å². The summed E-state index contributed by atoms with van der Waals surface area (Å²) < 4.78 is 5.18. The van der Waals surface area contributed by atoms with E-state index in [0.717, 1.165) is 5.69 Å². The fourth-order valence-corrected chi connectivity index (χ4v) is 1.18. The van der Waals surface area contributed by atoms with Crippen LogP contribution in [0.25, 0.3) is 0 Å². The van der Waals surface area contributed by atoms with Crippen molar-refractivity contribution in [1.82, 2.24) is 9.97 Å². The molecule has 1 heterocycles. The van der Waals surface area contributed by atoms with Crippen LogP contribution in [0.4, 0.5) is 0 Å². The van der Waals surface area contributed by atoms with Gasteiger partial charge in [-0.15, -0.1) is 0 Å². The van der Waals surface area contributed by atoms with Crippen LogP contribution in [0.1, 0.15) is 12.1 Å². The Labute approximate surface area is 84.5 Å². The zero-order valence-electron chi connectivity index (χ0n) is 7.16. The Morgan fingerprint density at radius 3 is 3.00 bits per heavy atom. The average molecular weight is 245 g/mol. The topological polar surface area (TPSA) is 52.1 Å². The molecule has 0 saturated heterocycles. The number of carbonyl (C=O) groups excluding carboxylic acids is 1. The van der Waals surface area contributed by atoms with Crippen molar-refractivity contribution in [2.45, 2.75) is 12.8 Å². The summed E-state index contributed by atoms with van der Waals surface area (Å²) in [6.07, 6.45) is 4.12. The van der Waals surface area contributed by atoms with Crippen molar-refractivity contribution in [3.63, 3.8) is 0 Å². The average Bonchev–Trinajstić information content (AvgIpc) is 2.14. The molecule has 70 valence electrons. The molecule has 0 amide bonds. The van der Waals surface area contributed by atoms with E-state index < -0.39 is 0 Å². The first-order chi connectivity index (χ1) is 6.22. The molecular formula is C8H9BrN2O2. The largest absolute Gasteiger partial charge is 0.469 e. The first kappa shape index (κ1) is 10.1. The number of halogens is 1. The summed E-state index contributed by atoms with van der Waals surface area (Å²) >= 11 is 3.20. The highest BCUT2D eigenvalue weighted by atomic mass is 79.9. The lowest BCUT2D eigenvalue weighted by molar-refractivity contribution is -0.140. The van der Waals surface area contributed by atoms with Gasteiger partial charge >= 0.3 is 5.97 Å². The smallest absolute Gasteiger partial charge is 0.305 e. The Hall–Kier alpha value is -0.970. The molecule has 0 aliphatic carbocycles. The number of ether oxygens (including phenoxy) is 1. The maximum absolute atomic E-state index is 10.8. The molecule has 0 fully saturated rings. The Bertz CT molecular complexity index is 304. The van der Waals surface area contributed by atoms with Crippen molar-refractivity contribution in [2.24, 2.45) is 0 Å². The highest BCUT2D eigenvalue weighted by Crippen LogP contribution is 2.05. The van der Waals surface area contributed by atoms with Gasteiger partial charge in [0.05, 0.1) is 25.4 Å². The van der Waals surface area contributed by atoms with Crippen LogP contribution in [0.3, 0.4) is 0 Å². The lowest BCUT2D eigenvalue weighted by atomic mass is 10.2. The van der Waals surface area contributed by atoms with E-state index in [1.807, 2.05) is 0 Å². The maximum atomic E-state index is 10.8. The number of methoxy groups -OCH3 is 1. The van der Waals surface area contributed by atoms with Crippen LogP contribution in [0.15, 0.2) is 17.0 Å². The minimum Gasteiger partial charge on any atom is -0.469 e. The fourth-order valence-electron chi connectivity index (χ4n) is 0.832. The van der Waals surface area contributed by atoms with E-state index in [2.05, 4.69) is 30.6 Å².